The standard InChI is InChI=1S/C46H87NO3/c1-3-5-7-9-11-13-15-17-19-20-21-22-23-24-25-26-27-28-30-32-34-36-38-40-42-46(50)47-44(43-48)45(49)41-39-37-35-33-31-29-18-16-14-12-10-8-6-4-2/h24-25,31,33,39,41,44-45,48-49H,3-23,26-30,32,34-38,40,42-43H2,1-2H3,(H,47,50)/b25-24-,33-31+,41-39+. The Labute approximate surface area is 312 Å². The van der Waals surface area contributed by atoms with Crippen LogP contribution in [0.3, 0.4) is 0 Å². The van der Waals surface area contributed by atoms with Crippen molar-refractivity contribution in [3.8, 4) is 0 Å². The molecule has 0 aromatic heterocycles. The molecule has 0 spiro atoms. The van der Waals surface area contributed by atoms with E-state index in [2.05, 4.69) is 43.5 Å². The molecule has 0 aliphatic carbocycles. The summed E-state index contributed by atoms with van der Waals surface area (Å²) in [7, 11) is 0. The van der Waals surface area contributed by atoms with Gasteiger partial charge in [-0.25, -0.2) is 0 Å². The molecule has 4 heteroatoms. The average molecular weight is 702 g/mol. The summed E-state index contributed by atoms with van der Waals surface area (Å²) in [5.74, 6) is -0.0766. The van der Waals surface area contributed by atoms with Gasteiger partial charge in [0.25, 0.3) is 0 Å². The molecule has 50 heavy (non-hydrogen) atoms. The number of carbonyl (C=O) groups is 1. The van der Waals surface area contributed by atoms with Crippen molar-refractivity contribution < 1.29 is 15.0 Å². The van der Waals surface area contributed by atoms with Gasteiger partial charge in [-0.2, -0.15) is 0 Å². The molecule has 2 atom stereocenters. The van der Waals surface area contributed by atoms with Crippen molar-refractivity contribution in [2.24, 2.45) is 0 Å². The number of hydrogen-bond donors (Lipinski definition) is 3. The first kappa shape index (κ1) is 48.6. The summed E-state index contributed by atoms with van der Waals surface area (Å²) in [5, 5.41) is 22.9. The molecule has 4 nitrogen and oxygen atoms in total. The van der Waals surface area contributed by atoms with Gasteiger partial charge in [-0.05, 0) is 57.8 Å². The Balaban J connectivity index is 3.56. The number of amides is 1. The van der Waals surface area contributed by atoms with Crippen molar-refractivity contribution >= 4 is 5.91 Å². The average Bonchev–Trinajstić information content (AvgIpc) is 3.12. The van der Waals surface area contributed by atoms with Crippen molar-refractivity contribution in [3.63, 3.8) is 0 Å². The fourth-order valence-corrected chi connectivity index (χ4v) is 6.66. The highest BCUT2D eigenvalue weighted by Gasteiger charge is 2.17. The van der Waals surface area contributed by atoms with Crippen molar-refractivity contribution in [2.75, 3.05) is 6.61 Å². The van der Waals surface area contributed by atoms with E-state index < -0.39 is 12.1 Å². The molecule has 0 saturated heterocycles. The van der Waals surface area contributed by atoms with Crippen LogP contribution in [0, 0.1) is 0 Å². The van der Waals surface area contributed by atoms with E-state index in [1.165, 1.54) is 180 Å². The minimum absolute atomic E-state index is 0.0766. The van der Waals surface area contributed by atoms with Gasteiger partial charge in [-0.1, -0.05) is 204 Å². The minimum atomic E-state index is -0.861. The predicted molar refractivity (Wildman–Crippen MR) is 221 cm³/mol. The summed E-state index contributed by atoms with van der Waals surface area (Å²) in [5.41, 5.74) is 0. The minimum Gasteiger partial charge on any atom is -0.394 e. The highest BCUT2D eigenvalue weighted by molar-refractivity contribution is 5.76. The van der Waals surface area contributed by atoms with Gasteiger partial charge in [0.05, 0.1) is 18.8 Å². The Kier molecular flexibility index (Phi) is 40.9. The maximum atomic E-state index is 12.4. The van der Waals surface area contributed by atoms with Gasteiger partial charge >= 0.3 is 0 Å². The highest BCUT2D eigenvalue weighted by atomic mass is 16.3. The van der Waals surface area contributed by atoms with E-state index in [0.29, 0.717) is 6.42 Å². The molecule has 0 saturated carbocycles. The van der Waals surface area contributed by atoms with Gasteiger partial charge in [0.15, 0.2) is 0 Å². The second kappa shape index (κ2) is 42.0. The van der Waals surface area contributed by atoms with Crippen molar-refractivity contribution in [1.29, 1.82) is 0 Å². The topological polar surface area (TPSA) is 69.6 Å². The second-order valence-electron chi connectivity index (χ2n) is 15.1. The number of unbranched alkanes of at least 4 members (excludes halogenated alkanes) is 29. The lowest BCUT2D eigenvalue weighted by molar-refractivity contribution is -0.123. The van der Waals surface area contributed by atoms with E-state index in [1.54, 1.807) is 6.08 Å². The number of allylic oxidation sites excluding steroid dienone is 5. The first-order chi connectivity index (χ1) is 24.7. The van der Waals surface area contributed by atoms with Crippen LogP contribution in [-0.2, 0) is 4.79 Å². The van der Waals surface area contributed by atoms with Crippen LogP contribution in [0.25, 0.3) is 0 Å². The summed E-state index contributed by atoms with van der Waals surface area (Å²) in [6.45, 7) is 4.30. The maximum absolute atomic E-state index is 12.4. The second-order valence-corrected chi connectivity index (χ2v) is 15.1. The van der Waals surface area contributed by atoms with Crippen LogP contribution in [0.5, 0.6) is 0 Å². The zero-order valence-electron chi connectivity index (χ0n) is 33.7. The van der Waals surface area contributed by atoms with Gasteiger partial charge in [-0.3, -0.25) is 4.79 Å². The molecule has 0 aliphatic rings. The molecule has 0 radical (unpaired) electrons. The van der Waals surface area contributed by atoms with Gasteiger partial charge in [0.2, 0.25) is 5.91 Å². The third-order valence-electron chi connectivity index (χ3n) is 10.1. The number of nitrogens with one attached hydrogen (secondary N) is 1. The molecule has 0 heterocycles. The lowest BCUT2D eigenvalue weighted by Crippen LogP contribution is -2.45. The molecule has 2 unspecified atom stereocenters. The number of aliphatic hydroxyl groups excluding tert-OH is 2. The molecule has 0 rings (SSSR count). The summed E-state index contributed by atoms with van der Waals surface area (Å²) in [6.07, 6.45) is 55.4. The van der Waals surface area contributed by atoms with Crippen molar-refractivity contribution in [2.45, 2.75) is 244 Å². The largest absolute Gasteiger partial charge is 0.394 e. The Morgan fingerprint density at radius 1 is 0.460 bits per heavy atom. The SMILES string of the molecule is CCCCCCCCCC/C=C/CC/C=C/C(O)C(CO)NC(=O)CCCCCCCCCC/C=C\CCCCCCCCCCCCCC. The van der Waals surface area contributed by atoms with Crippen molar-refractivity contribution in [1.82, 2.24) is 5.32 Å². The zero-order valence-corrected chi connectivity index (χ0v) is 33.7. The van der Waals surface area contributed by atoms with Gasteiger partial charge < -0.3 is 15.5 Å². The van der Waals surface area contributed by atoms with E-state index >= 15 is 0 Å². The Hall–Kier alpha value is -1.39. The molecule has 0 fully saturated rings. The number of carbonyl (C=O) groups excluding carboxylic acids is 1. The van der Waals surface area contributed by atoms with Crippen LogP contribution in [0.15, 0.2) is 36.5 Å². The first-order valence-electron chi connectivity index (χ1n) is 22.2. The fourth-order valence-electron chi connectivity index (χ4n) is 6.66. The van der Waals surface area contributed by atoms with Gasteiger partial charge in [0, 0.05) is 6.42 Å². The zero-order chi connectivity index (χ0) is 36.4. The van der Waals surface area contributed by atoms with Crippen LogP contribution >= 0.6 is 0 Å². The van der Waals surface area contributed by atoms with Gasteiger partial charge in [0.1, 0.15) is 0 Å². The van der Waals surface area contributed by atoms with E-state index in [-0.39, 0.29) is 12.5 Å². The molecule has 0 aliphatic heterocycles. The smallest absolute Gasteiger partial charge is 0.220 e. The summed E-state index contributed by atoms with van der Waals surface area (Å²) >= 11 is 0. The summed E-state index contributed by atoms with van der Waals surface area (Å²) < 4.78 is 0. The van der Waals surface area contributed by atoms with Gasteiger partial charge in [-0.15, -0.1) is 0 Å². The van der Waals surface area contributed by atoms with E-state index in [4.69, 9.17) is 0 Å². The maximum Gasteiger partial charge on any atom is 0.220 e. The van der Waals surface area contributed by atoms with Crippen LogP contribution in [-0.4, -0.2) is 34.9 Å². The molecule has 1 amide bonds. The van der Waals surface area contributed by atoms with Crippen LogP contribution < -0.4 is 5.32 Å². The molecular formula is C46H87NO3. The van der Waals surface area contributed by atoms with Crippen LogP contribution in [0.2, 0.25) is 0 Å². The molecule has 0 aromatic carbocycles. The van der Waals surface area contributed by atoms with E-state index in [0.717, 1.165) is 32.1 Å². The monoisotopic (exact) mass is 702 g/mol. The van der Waals surface area contributed by atoms with E-state index in [1.807, 2.05) is 6.08 Å². The molecule has 3 N–H and O–H groups in total. The number of rotatable bonds is 40. The Bertz CT molecular complexity index is 760. The molecular weight excluding hydrogens is 615 g/mol. The summed E-state index contributed by atoms with van der Waals surface area (Å²) in [6, 6.07) is -0.638. The predicted octanol–water partition coefficient (Wildman–Crippen LogP) is 13.8. The quantitative estimate of drug-likeness (QED) is 0.0440. The number of aliphatic hydroxyl groups is 2. The molecule has 0 bridgehead atoms. The lowest BCUT2D eigenvalue weighted by Gasteiger charge is -2.19. The van der Waals surface area contributed by atoms with E-state index in [9.17, 15) is 15.0 Å². The fraction of sp³-hybridized carbons (Fsp3) is 0.848. The first-order valence-corrected chi connectivity index (χ1v) is 22.2. The normalized spacial score (nSPS) is 13.3. The summed E-state index contributed by atoms with van der Waals surface area (Å²) in [4.78, 5) is 12.4. The lowest BCUT2D eigenvalue weighted by atomic mass is 10.0. The Morgan fingerprint density at radius 3 is 1.16 bits per heavy atom. The van der Waals surface area contributed by atoms with Crippen LogP contribution in [0.4, 0.5) is 0 Å². The highest BCUT2D eigenvalue weighted by Crippen LogP contribution is 2.14. The Morgan fingerprint density at radius 2 is 0.780 bits per heavy atom. The third kappa shape index (κ3) is 37.9. The molecule has 0 aromatic rings. The number of hydrogen-bond acceptors (Lipinski definition) is 3. The molecule has 294 valence electrons. The van der Waals surface area contributed by atoms with Crippen LogP contribution in [0.1, 0.15) is 232 Å². The van der Waals surface area contributed by atoms with Crippen molar-refractivity contribution in [3.05, 3.63) is 36.5 Å². The third-order valence-corrected chi connectivity index (χ3v) is 10.1.